The Balaban J connectivity index is 1.85. The molecule has 2 aromatic heterocycles. The highest BCUT2D eigenvalue weighted by Crippen LogP contribution is 2.37. The lowest BCUT2D eigenvalue weighted by Crippen LogP contribution is -2.13. The van der Waals surface area contributed by atoms with E-state index in [2.05, 4.69) is 10.3 Å². The molecule has 0 saturated carbocycles. The van der Waals surface area contributed by atoms with Crippen LogP contribution in [0.25, 0.3) is 9.53 Å². The highest BCUT2D eigenvalue weighted by atomic mass is 32.1. The molecule has 0 saturated heterocycles. The molecular weight excluding hydrogens is 356 g/mol. The first-order valence-electron chi connectivity index (χ1n) is 7.86. The van der Waals surface area contributed by atoms with E-state index in [9.17, 15) is 9.59 Å². The number of anilines is 1. The Hall–Kier alpha value is -2.25. The summed E-state index contributed by atoms with van der Waals surface area (Å²) in [5, 5.41) is 3.39. The number of aryl methyl sites for hydroxylation is 3. The second-order valence-electron chi connectivity index (χ2n) is 5.70. The molecule has 1 N–H and O–H groups in total. The van der Waals surface area contributed by atoms with Gasteiger partial charge >= 0.3 is 5.97 Å². The van der Waals surface area contributed by atoms with Crippen molar-refractivity contribution < 1.29 is 14.3 Å². The number of amides is 1. The molecule has 1 amide bonds. The third kappa shape index (κ3) is 3.43. The van der Waals surface area contributed by atoms with Crippen LogP contribution in [0.15, 0.2) is 18.2 Å². The van der Waals surface area contributed by atoms with Crippen LogP contribution in [0.5, 0.6) is 0 Å². The van der Waals surface area contributed by atoms with Crippen LogP contribution in [0.2, 0.25) is 0 Å². The minimum absolute atomic E-state index is 0.179. The number of carbonyl (C=O) groups excluding carboxylic acids is 2. The summed E-state index contributed by atoms with van der Waals surface area (Å²) in [4.78, 5) is 30.2. The van der Waals surface area contributed by atoms with Crippen molar-refractivity contribution in [3.05, 3.63) is 45.3 Å². The molecule has 3 rings (SSSR count). The predicted molar refractivity (Wildman–Crippen MR) is 102 cm³/mol. The molecule has 0 spiro atoms. The highest BCUT2D eigenvalue weighted by molar-refractivity contribution is 7.30. The average molecular weight is 374 g/mol. The molecule has 0 atom stereocenters. The number of fused-ring (bicyclic) bond motifs is 1. The van der Waals surface area contributed by atoms with Crippen molar-refractivity contribution in [3.8, 4) is 0 Å². The Kier molecular flexibility index (Phi) is 4.87. The van der Waals surface area contributed by atoms with E-state index in [-0.39, 0.29) is 11.9 Å². The fraction of sp³-hybridized carbons (Fsp3) is 0.278. The van der Waals surface area contributed by atoms with Gasteiger partial charge in [0.25, 0.3) is 5.91 Å². The van der Waals surface area contributed by atoms with Gasteiger partial charge in [0.2, 0.25) is 0 Å². The summed E-state index contributed by atoms with van der Waals surface area (Å²) in [5.41, 5.74) is 3.53. The molecule has 0 aliphatic heterocycles. The smallest absolute Gasteiger partial charge is 0.348 e. The standard InChI is InChI=1S/C18H18N2O3S2/c1-5-23-17(22)14-11(4)13-16(24-14)20-18(25-13)19-15(21)12-7-6-9(2)8-10(12)3/h6-8H,5H2,1-4H3,(H,19,20,21). The molecule has 0 unspecified atom stereocenters. The van der Waals surface area contributed by atoms with E-state index < -0.39 is 0 Å². The largest absolute Gasteiger partial charge is 0.462 e. The molecule has 0 radical (unpaired) electrons. The van der Waals surface area contributed by atoms with Crippen LogP contribution >= 0.6 is 22.7 Å². The van der Waals surface area contributed by atoms with Crippen LogP contribution in [0.4, 0.5) is 5.13 Å². The normalized spacial score (nSPS) is 10.9. The van der Waals surface area contributed by atoms with Crippen molar-refractivity contribution in [2.24, 2.45) is 0 Å². The number of hydrogen-bond donors (Lipinski definition) is 1. The minimum atomic E-state index is -0.323. The SMILES string of the molecule is CCOC(=O)c1sc2nc(NC(=O)c3ccc(C)cc3C)sc2c1C. The number of thiophene rings is 1. The summed E-state index contributed by atoms with van der Waals surface area (Å²) in [6.45, 7) is 7.90. The lowest BCUT2D eigenvalue weighted by molar-refractivity contribution is 0.0531. The van der Waals surface area contributed by atoms with E-state index in [0.717, 1.165) is 26.2 Å². The summed E-state index contributed by atoms with van der Waals surface area (Å²) in [5.74, 6) is -0.502. The zero-order chi connectivity index (χ0) is 18.1. The number of nitrogens with zero attached hydrogens (tertiary/aromatic N) is 1. The predicted octanol–water partition coefficient (Wildman–Crippen LogP) is 4.71. The van der Waals surface area contributed by atoms with Gasteiger partial charge in [0.1, 0.15) is 9.71 Å². The van der Waals surface area contributed by atoms with E-state index in [1.807, 2.05) is 39.0 Å². The van der Waals surface area contributed by atoms with Gasteiger partial charge < -0.3 is 4.74 Å². The third-order valence-corrected chi connectivity index (χ3v) is 6.17. The van der Waals surface area contributed by atoms with Gasteiger partial charge in [0.05, 0.1) is 11.3 Å². The summed E-state index contributed by atoms with van der Waals surface area (Å²) in [6, 6.07) is 5.71. The lowest BCUT2D eigenvalue weighted by Gasteiger charge is -2.06. The fourth-order valence-electron chi connectivity index (χ4n) is 2.57. The van der Waals surface area contributed by atoms with Gasteiger partial charge in [-0.1, -0.05) is 29.0 Å². The van der Waals surface area contributed by atoms with E-state index >= 15 is 0 Å². The van der Waals surface area contributed by atoms with E-state index in [1.165, 1.54) is 22.7 Å². The number of ether oxygens (including phenoxy) is 1. The summed E-state index contributed by atoms with van der Waals surface area (Å²) < 4.78 is 5.97. The minimum Gasteiger partial charge on any atom is -0.462 e. The van der Waals surface area contributed by atoms with Gasteiger partial charge in [0.15, 0.2) is 5.13 Å². The molecule has 0 aliphatic carbocycles. The van der Waals surface area contributed by atoms with E-state index in [0.29, 0.717) is 22.2 Å². The molecule has 1 aromatic carbocycles. The van der Waals surface area contributed by atoms with Gasteiger partial charge in [-0.25, -0.2) is 9.78 Å². The van der Waals surface area contributed by atoms with Crippen molar-refractivity contribution in [1.82, 2.24) is 4.98 Å². The van der Waals surface area contributed by atoms with Gasteiger partial charge in [-0.05, 0) is 44.9 Å². The van der Waals surface area contributed by atoms with Gasteiger partial charge in [-0.2, -0.15) is 0 Å². The monoisotopic (exact) mass is 374 g/mol. The molecule has 25 heavy (non-hydrogen) atoms. The number of esters is 1. The number of carbonyl (C=O) groups is 2. The molecule has 0 aliphatic rings. The summed E-state index contributed by atoms with van der Waals surface area (Å²) in [6.07, 6.45) is 0. The maximum absolute atomic E-state index is 12.5. The number of thiazole rings is 1. The molecule has 130 valence electrons. The first kappa shape index (κ1) is 17.6. The van der Waals surface area contributed by atoms with Crippen LogP contribution in [0.3, 0.4) is 0 Å². The van der Waals surface area contributed by atoms with Crippen molar-refractivity contribution in [3.63, 3.8) is 0 Å². The maximum atomic E-state index is 12.5. The Morgan fingerprint density at radius 1 is 1.20 bits per heavy atom. The molecule has 0 bridgehead atoms. The summed E-state index contributed by atoms with van der Waals surface area (Å²) >= 11 is 2.67. The molecule has 7 heteroatoms. The Morgan fingerprint density at radius 3 is 2.60 bits per heavy atom. The molecular formula is C18H18N2O3S2. The maximum Gasteiger partial charge on any atom is 0.348 e. The van der Waals surface area contributed by atoms with Crippen LogP contribution < -0.4 is 5.32 Å². The van der Waals surface area contributed by atoms with Gasteiger partial charge in [0, 0.05) is 5.56 Å². The van der Waals surface area contributed by atoms with Crippen LogP contribution in [0, 0.1) is 20.8 Å². The number of benzene rings is 1. The summed E-state index contributed by atoms with van der Waals surface area (Å²) in [7, 11) is 0. The second-order valence-corrected chi connectivity index (χ2v) is 7.70. The number of nitrogens with one attached hydrogen (secondary N) is 1. The Labute approximate surface area is 153 Å². The van der Waals surface area contributed by atoms with Crippen LogP contribution in [-0.2, 0) is 4.74 Å². The van der Waals surface area contributed by atoms with Crippen molar-refractivity contribution >= 4 is 49.2 Å². The second kappa shape index (κ2) is 6.93. The van der Waals surface area contributed by atoms with Crippen molar-refractivity contribution in [2.45, 2.75) is 27.7 Å². The zero-order valence-electron chi connectivity index (χ0n) is 14.4. The number of hydrogen-bond acceptors (Lipinski definition) is 6. The topological polar surface area (TPSA) is 68.3 Å². The molecule has 3 aromatic rings. The third-order valence-electron chi connectivity index (χ3n) is 3.78. The fourth-order valence-corrected chi connectivity index (χ4v) is 4.77. The first-order valence-corrected chi connectivity index (χ1v) is 9.49. The quantitative estimate of drug-likeness (QED) is 0.672. The zero-order valence-corrected chi connectivity index (χ0v) is 16.1. The van der Waals surface area contributed by atoms with Crippen LogP contribution in [-0.4, -0.2) is 23.5 Å². The number of rotatable bonds is 4. The Morgan fingerprint density at radius 2 is 1.96 bits per heavy atom. The van der Waals surface area contributed by atoms with Gasteiger partial charge in [-0.15, -0.1) is 11.3 Å². The molecule has 0 fully saturated rings. The Bertz CT molecular complexity index is 972. The lowest BCUT2D eigenvalue weighted by atomic mass is 10.1. The van der Waals surface area contributed by atoms with E-state index in [1.54, 1.807) is 6.92 Å². The van der Waals surface area contributed by atoms with Crippen molar-refractivity contribution in [2.75, 3.05) is 11.9 Å². The van der Waals surface area contributed by atoms with Crippen LogP contribution in [0.1, 0.15) is 43.6 Å². The molecule has 2 heterocycles. The first-order chi connectivity index (χ1) is 11.9. The highest BCUT2D eigenvalue weighted by Gasteiger charge is 2.20. The average Bonchev–Trinajstić information content (AvgIpc) is 3.06. The van der Waals surface area contributed by atoms with Crippen molar-refractivity contribution in [1.29, 1.82) is 0 Å². The molecule has 5 nitrogen and oxygen atoms in total. The number of aromatic nitrogens is 1. The van der Waals surface area contributed by atoms with E-state index in [4.69, 9.17) is 4.74 Å². The van der Waals surface area contributed by atoms with Gasteiger partial charge in [-0.3, -0.25) is 10.1 Å².